The van der Waals surface area contributed by atoms with Crippen molar-refractivity contribution >= 4 is 34.5 Å². The fourth-order valence-electron chi connectivity index (χ4n) is 1.39. The molecule has 100 valence electrons. The highest BCUT2D eigenvalue weighted by Gasteiger charge is 2.17. The van der Waals surface area contributed by atoms with Gasteiger partial charge >= 0.3 is 0 Å². The average molecular weight is 287 g/mol. The number of aryl methyl sites for hydroxylation is 1. The summed E-state index contributed by atoms with van der Waals surface area (Å²) in [4.78, 5) is 18.5. The van der Waals surface area contributed by atoms with Gasteiger partial charge in [0.25, 0.3) is 5.91 Å². The van der Waals surface area contributed by atoms with E-state index in [-0.39, 0.29) is 5.91 Å². The minimum Gasteiger partial charge on any atom is -0.393 e. The highest BCUT2D eigenvalue weighted by molar-refractivity contribution is 7.80. The topological polar surface area (TPSA) is 68.5 Å². The van der Waals surface area contributed by atoms with E-state index in [1.807, 2.05) is 6.92 Å². The molecule has 0 aromatic carbocycles. The molecule has 5 nitrogen and oxygen atoms in total. The van der Waals surface area contributed by atoms with E-state index in [9.17, 15) is 4.79 Å². The molecule has 0 bridgehead atoms. The average Bonchev–Trinajstić information content (AvgIpc) is 2.75. The monoisotopic (exact) mass is 287 g/mol. The molecule has 1 amide bonds. The summed E-state index contributed by atoms with van der Waals surface area (Å²) in [6.45, 7) is 3.35. The first-order valence-electron chi connectivity index (χ1n) is 5.53. The van der Waals surface area contributed by atoms with Gasteiger partial charge < -0.3 is 15.4 Å². The number of aromatic nitrogens is 1. The van der Waals surface area contributed by atoms with Crippen molar-refractivity contribution in [3.8, 4) is 0 Å². The van der Waals surface area contributed by atoms with E-state index in [4.69, 9.17) is 22.7 Å². The van der Waals surface area contributed by atoms with Crippen molar-refractivity contribution in [1.82, 2.24) is 9.88 Å². The molecule has 1 heterocycles. The molecule has 0 aliphatic rings. The SMILES string of the molecule is COCCN(CCC(N)=S)C(=O)c1csc(C)n1. The van der Waals surface area contributed by atoms with Crippen molar-refractivity contribution in [3.63, 3.8) is 0 Å². The van der Waals surface area contributed by atoms with Crippen molar-refractivity contribution in [1.29, 1.82) is 0 Å². The third kappa shape index (κ3) is 4.67. The van der Waals surface area contributed by atoms with Crippen LogP contribution < -0.4 is 5.73 Å². The Morgan fingerprint density at radius 2 is 2.33 bits per heavy atom. The van der Waals surface area contributed by atoms with Gasteiger partial charge in [-0.2, -0.15) is 0 Å². The number of rotatable bonds is 7. The number of thiazole rings is 1. The molecule has 0 spiro atoms. The molecule has 0 unspecified atom stereocenters. The van der Waals surface area contributed by atoms with Gasteiger partial charge in [0, 0.05) is 32.0 Å². The van der Waals surface area contributed by atoms with E-state index in [0.717, 1.165) is 5.01 Å². The number of thiocarbonyl (C=S) groups is 1. The maximum Gasteiger partial charge on any atom is 0.273 e. The minimum absolute atomic E-state index is 0.104. The van der Waals surface area contributed by atoms with Crippen LogP contribution in [0.1, 0.15) is 21.9 Å². The van der Waals surface area contributed by atoms with Crippen LogP contribution in [0.3, 0.4) is 0 Å². The first kappa shape index (κ1) is 15.0. The summed E-state index contributed by atoms with van der Waals surface area (Å²) in [6, 6.07) is 0. The first-order valence-corrected chi connectivity index (χ1v) is 6.82. The van der Waals surface area contributed by atoms with E-state index < -0.39 is 0 Å². The van der Waals surface area contributed by atoms with Crippen LogP contribution in [0.4, 0.5) is 0 Å². The number of carbonyl (C=O) groups is 1. The Hall–Kier alpha value is -1.05. The molecular weight excluding hydrogens is 270 g/mol. The largest absolute Gasteiger partial charge is 0.393 e. The number of nitrogens with zero attached hydrogens (tertiary/aromatic N) is 2. The van der Waals surface area contributed by atoms with Gasteiger partial charge in [0.1, 0.15) is 5.69 Å². The predicted octanol–water partition coefficient (Wildman–Crippen LogP) is 1.22. The molecule has 0 saturated carbocycles. The number of carbonyl (C=O) groups excluding carboxylic acids is 1. The number of nitrogens with two attached hydrogens (primary N) is 1. The lowest BCUT2D eigenvalue weighted by atomic mass is 10.3. The summed E-state index contributed by atoms with van der Waals surface area (Å²) in [7, 11) is 1.60. The molecule has 0 atom stereocenters. The van der Waals surface area contributed by atoms with Crippen LogP contribution in [-0.2, 0) is 4.74 Å². The Balaban J connectivity index is 2.68. The lowest BCUT2D eigenvalue weighted by Gasteiger charge is -2.21. The quantitative estimate of drug-likeness (QED) is 0.764. The maximum absolute atomic E-state index is 12.2. The highest BCUT2D eigenvalue weighted by atomic mass is 32.1. The normalized spacial score (nSPS) is 10.3. The van der Waals surface area contributed by atoms with Crippen molar-refractivity contribution in [3.05, 3.63) is 16.1 Å². The minimum atomic E-state index is -0.104. The summed E-state index contributed by atoms with van der Waals surface area (Å²) in [5, 5.41) is 2.64. The van der Waals surface area contributed by atoms with Gasteiger partial charge in [-0.15, -0.1) is 11.3 Å². The second kappa shape index (κ2) is 7.40. The molecule has 0 aliphatic heterocycles. The molecule has 0 saturated heterocycles. The van der Waals surface area contributed by atoms with Crippen LogP contribution >= 0.6 is 23.6 Å². The Morgan fingerprint density at radius 1 is 1.61 bits per heavy atom. The zero-order valence-electron chi connectivity index (χ0n) is 10.5. The number of hydrogen-bond donors (Lipinski definition) is 1. The van der Waals surface area contributed by atoms with Crippen LogP contribution in [0, 0.1) is 6.92 Å². The van der Waals surface area contributed by atoms with Crippen molar-refractivity contribution < 1.29 is 9.53 Å². The molecule has 1 aromatic rings. The zero-order chi connectivity index (χ0) is 13.5. The third-order valence-corrected chi connectivity index (χ3v) is 3.30. The summed E-state index contributed by atoms with van der Waals surface area (Å²) in [5.41, 5.74) is 5.93. The molecule has 0 aliphatic carbocycles. The van der Waals surface area contributed by atoms with Crippen LogP contribution in [0.5, 0.6) is 0 Å². The Bertz CT molecular complexity index is 420. The first-order chi connectivity index (χ1) is 8.54. The van der Waals surface area contributed by atoms with Gasteiger partial charge in [0.05, 0.1) is 16.6 Å². The molecule has 1 rings (SSSR count). The fraction of sp³-hybridized carbons (Fsp3) is 0.545. The molecule has 1 aromatic heterocycles. The third-order valence-electron chi connectivity index (χ3n) is 2.32. The second-order valence-corrected chi connectivity index (χ2v) is 5.34. The molecular formula is C11H17N3O2S2. The standard InChI is InChI=1S/C11H17N3O2S2/c1-8-13-9(7-18-8)11(15)14(5-6-16-2)4-3-10(12)17/h7H,3-6H2,1-2H3,(H2,12,17). The maximum atomic E-state index is 12.2. The van der Waals surface area contributed by atoms with Crippen LogP contribution in [0.15, 0.2) is 5.38 Å². The molecule has 0 fully saturated rings. The lowest BCUT2D eigenvalue weighted by molar-refractivity contribution is 0.0696. The Morgan fingerprint density at radius 3 is 2.83 bits per heavy atom. The van der Waals surface area contributed by atoms with Crippen LogP contribution in [-0.4, -0.2) is 47.6 Å². The van der Waals surface area contributed by atoms with E-state index in [0.29, 0.717) is 36.8 Å². The second-order valence-electron chi connectivity index (χ2n) is 3.75. The van der Waals surface area contributed by atoms with Crippen molar-refractivity contribution in [2.75, 3.05) is 26.8 Å². The van der Waals surface area contributed by atoms with Gasteiger partial charge in [-0.1, -0.05) is 12.2 Å². The highest BCUT2D eigenvalue weighted by Crippen LogP contribution is 2.11. The van der Waals surface area contributed by atoms with E-state index >= 15 is 0 Å². The number of methoxy groups -OCH3 is 1. The van der Waals surface area contributed by atoms with Crippen molar-refractivity contribution in [2.24, 2.45) is 5.73 Å². The van der Waals surface area contributed by atoms with Crippen LogP contribution in [0.25, 0.3) is 0 Å². The van der Waals surface area contributed by atoms with Gasteiger partial charge in [-0.25, -0.2) is 4.98 Å². The Kier molecular flexibility index (Phi) is 6.17. The van der Waals surface area contributed by atoms with E-state index in [2.05, 4.69) is 4.98 Å². The number of hydrogen-bond acceptors (Lipinski definition) is 5. The van der Waals surface area contributed by atoms with E-state index in [1.165, 1.54) is 11.3 Å². The lowest BCUT2D eigenvalue weighted by Crippen LogP contribution is -2.36. The fourth-order valence-corrected chi connectivity index (χ4v) is 2.06. The molecule has 7 heteroatoms. The van der Waals surface area contributed by atoms with Crippen molar-refractivity contribution in [2.45, 2.75) is 13.3 Å². The summed E-state index contributed by atoms with van der Waals surface area (Å²) in [6.07, 6.45) is 0.508. The zero-order valence-corrected chi connectivity index (χ0v) is 12.1. The molecule has 18 heavy (non-hydrogen) atoms. The van der Waals surface area contributed by atoms with Gasteiger partial charge in [-0.05, 0) is 6.92 Å². The Labute approximate surface area is 116 Å². The van der Waals surface area contributed by atoms with Gasteiger partial charge in [0.2, 0.25) is 0 Å². The summed E-state index contributed by atoms with van der Waals surface area (Å²) in [5.74, 6) is -0.104. The predicted molar refractivity (Wildman–Crippen MR) is 76.0 cm³/mol. The molecule has 0 radical (unpaired) electrons. The smallest absolute Gasteiger partial charge is 0.273 e. The van der Waals surface area contributed by atoms with E-state index in [1.54, 1.807) is 17.4 Å². The van der Waals surface area contributed by atoms with Gasteiger partial charge in [-0.3, -0.25) is 4.79 Å². The van der Waals surface area contributed by atoms with Crippen LogP contribution in [0.2, 0.25) is 0 Å². The number of amides is 1. The van der Waals surface area contributed by atoms with Gasteiger partial charge in [0.15, 0.2) is 0 Å². The summed E-state index contributed by atoms with van der Waals surface area (Å²) < 4.78 is 4.99. The molecule has 2 N–H and O–H groups in total. The summed E-state index contributed by atoms with van der Waals surface area (Å²) >= 11 is 6.29. The number of ether oxygens (including phenoxy) is 1.